The van der Waals surface area contributed by atoms with Crippen LogP contribution in [-0.2, 0) is 28.5 Å². The molecule has 29 heavy (non-hydrogen) atoms. The molecular formula is C21H40N2O6. The normalized spacial score (nSPS) is 14.6. The first-order valence-electron chi connectivity index (χ1n) is 10.2. The SMILES string of the molecule is COCCOCCOCCOC(=O)[C@@H](C)NC(=O)[C@H](C)N=C(C(C)C)C(C)(C)C. The molecule has 1 amide bonds. The van der Waals surface area contributed by atoms with E-state index in [9.17, 15) is 9.59 Å². The van der Waals surface area contributed by atoms with E-state index in [1.54, 1.807) is 21.0 Å². The lowest BCUT2D eigenvalue weighted by molar-refractivity contribution is -0.149. The first-order chi connectivity index (χ1) is 13.5. The maximum absolute atomic E-state index is 12.4. The van der Waals surface area contributed by atoms with Crippen LogP contribution in [0.3, 0.4) is 0 Å². The summed E-state index contributed by atoms with van der Waals surface area (Å²) in [4.78, 5) is 29.0. The van der Waals surface area contributed by atoms with Crippen LogP contribution >= 0.6 is 0 Å². The van der Waals surface area contributed by atoms with E-state index in [0.29, 0.717) is 26.4 Å². The van der Waals surface area contributed by atoms with Gasteiger partial charge in [0.2, 0.25) is 5.91 Å². The number of hydrogen-bond acceptors (Lipinski definition) is 7. The maximum atomic E-state index is 12.4. The van der Waals surface area contributed by atoms with Crippen LogP contribution in [0.1, 0.15) is 48.5 Å². The summed E-state index contributed by atoms with van der Waals surface area (Å²) in [6.07, 6.45) is 0. The van der Waals surface area contributed by atoms with E-state index in [2.05, 4.69) is 44.9 Å². The Morgan fingerprint density at radius 2 is 1.41 bits per heavy atom. The topological polar surface area (TPSA) is 95.5 Å². The van der Waals surface area contributed by atoms with Gasteiger partial charge in [-0.05, 0) is 19.8 Å². The molecule has 0 rings (SSSR count). The summed E-state index contributed by atoms with van der Waals surface area (Å²) in [6.45, 7) is 16.0. The number of ether oxygens (including phenoxy) is 4. The highest BCUT2D eigenvalue weighted by atomic mass is 16.6. The molecule has 0 aromatic rings. The molecule has 0 saturated heterocycles. The zero-order valence-corrected chi connectivity index (χ0v) is 19.4. The van der Waals surface area contributed by atoms with Crippen LogP contribution in [0.5, 0.6) is 0 Å². The van der Waals surface area contributed by atoms with Crippen molar-refractivity contribution in [2.24, 2.45) is 16.3 Å². The number of rotatable bonds is 14. The third-order valence-electron chi connectivity index (χ3n) is 4.02. The molecule has 0 unspecified atom stereocenters. The number of carbonyl (C=O) groups excluding carboxylic acids is 2. The molecule has 0 fully saturated rings. The highest BCUT2D eigenvalue weighted by Crippen LogP contribution is 2.22. The van der Waals surface area contributed by atoms with Gasteiger partial charge in [-0.3, -0.25) is 9.79 Å². The van der Waals surface area contributed by atoms with Gasteiger partial charge in [0.1, 0.15) is 18.7 Å². The predicted octanol–water partition coefficient (Wildman–Crippen LogP) is 2.25. The zero-order chi connectivity index (χ0) is 22.4. The van der Waals surface area contributed by atoms with Gasteiger partial charge in [0, 0.05) is 18.2 Å². The molecule has 8 nitrogen and oxygen atoms in total. The molecule has 0 aliphatic rings. The summed E-state index contributed by atoms with van der Waals surface area (Å²) in [5.74, 6) is -0.575. The zero-order valence-electron chi connectivity index (χ0n) is 19.4. The Morgan fingerprint density at radius 1 is 0.897 bits per heavy atom. The highest BCUT2D eigenvalue weighted by Gasteiger charge is 2.25. The van der Waals surface area contributed by atoms with Gasteiger partial charge in [0.15, 0.2) is 0 Å². The minimum absolute atomic E-state index is 0.117. The van der Waals surface area contributed by atoms with Gasteiger partial charge in [0.05, 0.1) is 33.0 Å². The molecule has 0 heterocycles. The molecule has 170 valence electrons. The Morgan fingerprint density at radius 3 is 1.90 bits per heavy atom. The average Bonchev–Trinajstić information content (AvgIpc) is 2.62. The molecule has 0 saturated carbocycles. The first kappa shape index (κ1) is 27.5. The molecule has 1 N–H and O–H groups in total. The summed E-state index contributed by atoms with van der Waals surface area (Å²) >= 11 is 0. The van der Waals surface area contributed by atoms with Gasteiger partial charge in [-0.1, -0.05) is 34.6 Å². The lowest BCUT2D eigenvalue weighted by atomic mass is 9.83. The number of hydrogen-bond donors (Lipinski definition) is 1. The van der Waals surface area contributed by atoms with E-state index in [4.69, 9.17) is 18.9 Å². The van der Waals surface area contributed by atoms with Gasteiger partial charge >= 0.3 is 5.97 Å². The van der Waals surface area contributed by atoms with E-state index in [1.165, 1.54) is 0 Å². The van der Waals surface area contributed by atoms with Crippen molar-refractivity contribution in [2.45, 2.75) is 60.5 Å². The predicted molar refractivity (Wildman–Crippen MR) is 113 cm³/mol. The van der Waals surface area contributed by atoms with Gasteiger partial charge in [0.25, 0.3) is 0 Å². The van der Waals surface area contributed by atoms with Crippen molar-refractivity contribution in [2.75, 3.05) is 46.8 Å². The molecule has 2 atom stereocenters. The molecule has 0 aromatic heterocycles. The Kier molecular flexibility index (Phi) is 13.7. The van der Waals surface area contributed by atoms with Crippen molar-refractivity contribution >= 4 is 17.6 Å². The standard InChI is InChI=1S/C21H40N2O6/c1-15(2)18(21(5,6)7)22-16(3)19(24)23-17(4)20(25)29-14-13-28-12-11-27-10-9-26-8/h15-17H,9-14H2,1-8H3,(H,23,24)/t16-,17+/m0/s1. The van der Waals surface area contributed by atoms with Crippen LogP contribution in [-0.4, -0.2) is 76.4 Å². The monoisotopic (exact) mass is 416 g/mol. The van der Waals surface area contributed by atoms with Crippen LogP contribution in [0, 0.1) is 11.3 Å². The molecule has 0 spiro atoms. The number of carbonyl (C=O) groups is 2. The molecular weight excluding hydrogens is 376 g/mol. The van der Waals surface area contributed by atoms with E-state index in [0.717, 1.165) is 5.71 Å². The minimum atomic E-state index is -0.755. The molecule has 0 radical (unpaired) electrons. The molecule has 8 heteroatoms. The summed E-state index contributed by atoms with van der Waals surface area (Å²) in [7, 11) is 1.61. The number of nitrogens with zero attached hydrogens (tertiary/aromatic N) is 1. The van der Waals surface area contributed by atoms with Crippen LogP contribution in [0.15, 0.2) is 4.99 Å². The third-order valence-corrected chi connectivity index (χ3v) is 4.02. The number of aliphatic imine (C=N–C) groups is 1. The van der Waals surface area contributed by atoms with Crippen molar-refractivity contribution in [3.63, 3.8) is 0 Å². The molecule has 0 aliphatic carbocycles. The largest absolute Gasteiger partial charge is 0.462 e. The first-order valence-corrected chi connectivity index (χ1v) is 10.2. The van der Waals surface area contributed by atoms with Gasteiger partial charge in [-0.2, -0.15) is 0 Å². The van der Waals surface area contributed by atoms with Crippen molar-refractivity contribution in [1.29, 1.82) is 0 Å². The van der Waals surface area contributed by atoms with Gasteiger partial charge in [-0.15, -0.1) is 0 Å². The lowest BCUT2D eigenvalue weighted by Crippen LogP contribution is -2.44. The summed E-state index contributed by atoms with van der Waals surface area (Å²) in [5, 5.41) is 2.66. The fourth-order valence-corrected chi connectivity index (χ4v) is 2.66. The third kappa shape index (κ3) is 12.6. The average molecular weight is 417 g/mol. The molecule has 0 bridgehead atoms. The Labute approximate surface area is 175 Å². The summed E-state index contributed by atoms with van der Waals surface area (Å²) in [5.41, 5.74) is 0.848. The van der Waals surface area contributed by atoms with Crippen molar-refractivity contribution in [3.05, 3.63) is 0 Å². The second kappa shape index (κ2) is 14.5. The second-order valence-electron chi connectivity index (χ2n) is 8.21. The number of methoxy groups -OCH3 is 1. The van der Waals surface area contributed by atoms with Crippen LogP contribution in [0.4, 0.5) is 0 Å². The fraction of sp³-hybridized carbons (Fsp3) is 0.857. The summed E-state index contributed by atoms with van der Waals surface area (Å²) < 4.78 is 20.6. The fourth-order valence-electron chi connectivity index (χ4n) is 2.66. The maximum Gasteiger partial charge on any atom is 0.328 e. The van der Waals surface area contributed by atoms with Crippen molar-refractivity contribution < 1.29 is 28.5 Å². The molecule has 0 aliphatic heterocycles. The second-order valence-corrected chi connectivity index (χ2v) is 8.21. The minimum Gasteiger partial charge on any atom is -0.462 e. The smallest absolute Gasteiger partial charge is 0.328 e. The molecule has 0 aromatic carbocycles. The van der Waals surface area contributed by atoms with E-state index in [1.807, 2.05) is 0 Å². The number of nitrogens with one attached hydrogen (secondary N) is 1. The Bertz CT molecular complexity index is 514. The van der Waals surface area contributed by atoms with E-state index < -0.39 is 18.1 Å². The van der Waals surface area contributed by atoms with Gasteiger partial charge < -0.3 is 24.3 Å². The van der Waals surface area contributed by atoms with Gasteiger partial charge in [-0.25, -0.2) is 4.79 Å². The van der Waals surface area contributed by atoms with E-state index >= 15 is 0 Å². The quantitative estimate of drug-likeness (QED) is 0.265. The number of amides is 1. The van der Waals surface area contributed by atoms with E-state index in [-0.39, 0.29) is 30.5 Å². The Balaban J connectivity index is 4.25. The number of esters is 1. The van der Waals surface area contributed by atoms with Crippen LogP contribution in [0.25, 0.3) is 0 Å². The van der Waals surface area contributed by atoms with Crippen LogP contribution in [0.2, 0.25) is 0 Å². The van der Waals surface area contributed by atoms with Crippen LogP contribution < -0.4 is 5.32 Å². The highest BCUT2D eigenvalue weighted by molar-refractivity contribution is 5.94. The summed E-state index contributed by atoms with van der Waals surface area (Å²) in [6, 6.07) is -1.34. The van der Waals surface area contributed by atoms with Crippen molar-refractivity contribution in [1.82, 2.24) is 5.32 Å². The van der Waals surface area contributed by atoms with Crippen molar-refractivity contribution in [3.8, 4) is 0 Å². The lowest BCUT2D eigenvalue weighted by Gasteiger charge is -2.26. The Hall–Kier alpha value is -1.51.